The van der Waals surface area contributed by atoms with Crippen LogP contribution in [0.4, 0.5) is 17.2 Å². The molecule has 3 heterocycles. The lowest BCUT2D eigenvalue weighted by molar-refractivity contribution is -0.114. The maximum absolute atomic E-state index is 12.0. The van der Waals surface area contributed by atoms with Crippen LogP contribution in [0.15, 0.2) is 36.5 Å². The van der Waals surface area contributed by atoms with E-state index in [0.29, 0.717) is 17.3 Å². The molecule has 2 aromatic heterocycles. The van der Waals surface area contributed by atoms with Crippen molar-refractivity contribution >= 4 is 34.7 Å². The molecule has 160 valence electrons. The summed E-state index contributed by atoms with van der Waals surface area (Å²) in [5.41, 5.74) is 4.52. The van der Waals surface area contributed by atoms with Crippen LogP contribution < -0.4 is 16.0 Å². The molecule has 1 aliphatic heterocycles. The van der Waals surface area contributed by atoms with E-state index in [1.807, 2.05) is 28.8 Å². The van der Waals surface area contributed by atoms with Crippen molar-refractivity contribution in [3.05, 3.63) is 42.1 Å². The molecular formula is C23H25N5O3. The molecule has 8 heteroatoms. The van der Waals surface area contributed by atoms with E-state index < -0.39 is 0 Å². The second-order valence-electron chi connectivity index (χ2n) is 8.09. The van der Waals surface area contributed by atoms with Crippen LogP contribution in [0.3, 0.4) is 0 Å². The maximum atomic E-state index is 12.0. The van der Waals surface area contributed by atoms with Crippen LogP contribution >= 0.6 is 0 Å². The maximum Gasteiger partial charge on any atom is 0.338 e. The van der Waals surface area contributed by atoms with Crippen LogP contribution in [-0.4, -0.2) is 41.0 Å². The number of imidazole rings is 1. The van der Waals surface area contributed by atoms with Gasteiger partial charge in [0.2, 0.25) is 5.91 Å². The van der Waals surface area contributed by atoms with Crippen molar-refractivity contribution in [1.82, 2.24) is 9.38 Å². The van der Waals surface area contributed by atoms with E-state index in [0.717, 1.165) is 41.3 Å². The Morgan fingerprint density at radius 2 is 2.00 bits per heavy atom. The topological polar surface area (TPSA) is 96.8 Å². The highest BCUT2D eigenvalue weighted by Gasteiger charge is 2.22. The molecule has 2 aliphatic rings. The molecule has 0 radical (unpaired) electrons. The zero-order chi connectivity index (χ0) is 21.4. The lowest BCUT2D eigenvalue weighted by Crippen LogP contribution is -2.27. The summed E-state index contributed by atoms with van der Waals surface area (Å²) >= 11 is 0. The number of anilines is 3. The van der Waals surface area contributed by atoms with Gasteiger partial charge < -0.3 is 20.7 Å². The summed E-state index contributed by atoms with van der Waals surface area (Å²) in [7, 11) is 1.37. The van der Waals surface area contributed by atoms with Crippen molar-refractivity contribution in [1.29, 1.82) is 0 Å². The van der Waals surface area contributed by atoms with E-state index in [1.54, 1.807) is 12.1 Å². The van der Waals surface area contributed by atoms with Gasteiger partial charge in [0.25, 0.3) is 0 Å². The number of rotatable bonds is 4. The zero-order valence-electron chi connectivity index (χ0n) is 17.4. The van der Waals surface area contributed by atoms with E-state index >= 15 is 0 Å². The molecule has 1 aliphatic carbocycles. The van der Waals surface area contributed by atoms with Gasteiger partial charge in [0.1, 0.15) is 17.2 Å². The van der Waals surface area contributed by atoms with Crippen LogP contribution in [-0.2, 0) is 9.53 Å². The summed E-state index contributed by atoms with van der Waals surface area (Å²) in [5, 5.41) is 9.75. The zero-order valence-corrected chi connectivity index (χ0v) is 17.4. The molecule has 0 spiro atoms. The Bertz CT molecular complexity index is 1160. The Morgan fingerprint density at radius 1 is 1.16 bits per heavy atom. The molecule has 3 aromatic rings. The first kappa shape index (κ1) is 19.4. The first-order valence-electron chi connectivity index (χ1n) is 10.7. The monoisotopic (exact) mass is 419 g/mol. The number of fused-ring (bicyclic) bond motifs is 2. The molecule has 1 saturated carbocycles. The van der Waals surface area contributed by atoms with Crippen LogP contribution in [0.25, 0.3) is 16.9 Å². The van der Waals surface area contributed by atoms with Gasteiger partial charge in [-0.3, -0.25) is 9.20 Å². The summed E-state index contributed by atoms with van der Waals surface area (Å²) in [5.74, 6) is 0.476. The van der Waals surface area contributed by atoms with Gasteiger partial charge in [-0.2, -0.15) is 0 Å². The predicted octanol–water partition coefficient (Wildman–Crippen LogP) is 3.90. The van der Waals surface area contributed by atoms with Gasteiger partial charge in [-0.1, -0.05) is 25.3 Å². The minimum Gasteiger partial charge on any atom is -0.465 e. The summed E-state index contributed by atoms with van der Waals surface area (Å²) < 4.78 is 6.86. The van der Waals surface area contributed by atoms with E-state index in [1.165, 1.54) is 26.4 Å². The van der Waals surface area contributed by atoms with E-state index in [9.17, 15) is 9.59 Å². The Labute approximate surface area is 180 Å². The summed E-state index contributed by atoms with van der Waals surface area (Å²) in [6.07, 6.45) is 7.84. The minimum atomic E-state index is -0.387. The molecule has 1 aromatic carbocycles. The Morgan fingerprint density at radius 3 is 2.81 bits per heavy atom. The highest BCUT2D eigenvalue weighted by Crippen LogP contribution is 2.36. The standard InChI is InChI=1S/C23H25N5O3/c1-31-23(30)15-9-10-28-19(12-15)27-21(22(28)25-16-5-3-2-4-6-16)14-7-8-17-18(11-14)24-13-20(29)26-17/h7-12,16,24-25H,2-6,13H2,1H3,(H,26,29). The van der Waals surface area contributed by atoms with Crippen molar-refractivity contribution in [3.8, 4) is 11.3 Å². The molecule has 1 fully saturated rings. The third-order valence-corrected chi connectivity index (χ3v) is 6.00. The van der Waals surface area contributed by atoms with Crippen LogP contribution in [0.5, 0.6) is 0 Å². The Hall–Kier alpha value is -3.55. The number of esters is 1. The number of carbonyl (C=O) groups is 2. The number of hydrogen-bond acceptors (Lipinski definition) is 6. The van der Waals surface area contributed by atoms with E-state index in [-0.39, 0.29) is 18.4 Å². The number of nitrogens with zero attached hydrogens (tertiary/aromatic N) is 2. The second kappa shape index (κ2) is 7.94. The minimum absolute atomic E-state index is 0.0528. The van der Waals surface area contributed by atoms with E-state index in [4.69, 9.17) is 9.72 Å². The smallest absolute Gasteiger partial charge is 0.338 e. The molecule has 8 nitrogen and oxygen atoms in total. The molecular weight excluding hydrogens is 394 g/mol. The number of ether oxygens (including phenoxy) is 1. The predicted molar refractivity (Wildman–Crippen MR) is 120 cm³/mol. The number of nitrogens with one attached hydrogen (secondary N) is 3. The SMILES string of the molecule is COC(=O)c1ccn2c(NC3CCCCC3)c(-c3ccc4c(c3)NCC(=O)N4)nc2c1. The number of pyridine rings is 1. The second-order valence-corrected chi connectivity index (χ2v) is 8.09. The molecule has 31 heavy (non-hydrogen) atoms. The number of hydrogen-bond donors (Lipinski definition) is 3. The summed E-state index contributed by atoms with van der Waals surface area (Å²) in [6.45, 7) is 0.247. The normalized spacial score (nSPS) is 16.4. The summed E-state index contributed by atoms with van der Waals surface area (Å²) in [6, 6.07) is 9.75. The summed E-state index contributed by atoms with van der Waals surface area (Å²) in [4.78, 5) is 28.5. The van der Waals surface area contributed by atoms with Gasteiger partial charge in [0.05, 0.1) is 30.6 Å². The molecule has 0 atom stereocenters. The molecule has 3 N–H and O–H groups in total. The van der Waals surface area contributed by atoms with Crippen LogP contribution in [0, 0.1) is 0 Å². The van der Waals surface area contributed by atoms with Gasteiger partial charge in [0, 0.05) is 17.8 Å². The Kier molecular flexibility index (Phi) is 4.97. The van der Waals surface area contributed by atoms with Crippen molar-refractivity contribution in [2.75, 3.05) is 29.6 Å². The van der Waals surface area contributed by atoms with Gasteiger partial charge >= 0.3 is 5.97 Å². The first-order valence-corrected chi connectivity index (χ1v) is 10.7. The van der Waals surface area contributed by atoms with Gasteiger partial charge in [-0.25, -0.2) is 9.78 Å². The van der Waals surface area contributed by atoms with Gasteiger partial charge in [-0.15, -0.1) is 0 Å². The first-order chi connectivity index (χ1) is 15.1. The average molecular weight is 419 g/mol. The molecule has 0 unspecified atom stereocenters. The third kappa shape index (κ3) is 3.69. The molecule has 5 rings (SSSR count). The van der Waals surface area contributed by atoms with Crippen molar-refractivity contribution < 1.29 is 14.3 Å². The van der Waals surface area contributed by atoms with E-state index in [2.05, 4.69) is 16.0 Å². The Balaban J connectivity index is 1.60. The van der Waals surface area contributed by atoms with Crippen LogP contribution in [0.2, 0.25) is 0 Å². The highest BCUT2D eigenvalue weighted by molar-refractivity contribution is 6.01. The van der Waals surface area contributed by atoms with Crippen LogP contribution in [0.1, 0.15) is 42.5 Å². The van der Waals surface area contributed by atoms with Crippen molar-refractivity contribution in [2.45, 2.75) is 38.1 Å². The largest absolute Gasteiger partial charge is 0.465 e. The molecule has 1 amide bonds. The lowest BCUT2D eigenvalue weighted by Gasteiger charge is -2.24. The molecule has 0 saturated heterocycles. The fourth-order valence-corrected chi connectivity index (χ4v) is 4.39. The fraction of sp³-hybridized carbons (Fsp3) is 0.348. The number of methoxy groups -OCH3 is 1. The number of aromatic nitrogens is 2. The molecule has 0 bridgehead atoms. The number of benzene rings is 1. The van der Waals surface area contributed by atoms with Crippen molar-refractivity contribution in [3.63, 3.8) is 0 Å². The fourth-order valence-electron chi connectivity index (χ4n) is 4.39. The third-order valence-electron chi connectivity index (χ3n) is 6.00. The average Bonchev–Trinajstić information content (AvgIpc) is 3.16. The quantitative estimate of drug-likeness (QED) is 0.555. The van der Waals surface area contributed by atoms with Crippen molar-refractivity contribution in [2.24, 2.45) is 0 Å². The van der Waals surface area contributed by atoms with Gasteiger partial charge in [0.15, 0.2) is 0 Å². The van der Waals surface area contributed by atoms with Gasteiger partial charge in [-0.05, 0) is 37.1 Å². The number of carbonyl (C=O) groups excluding carboxylic acids is 2. The highest BCUT2D eigenvalue weighted by atomic mass is 16.5. The lowest BCUT2D eigenvalue weighted by atomic mass is 9.95. The number of amides is 1.